The minimum absolute atomic E-state index is 0.0385. The number of hydrogen-bond acceptors (Lipinski definition) is 4. The van der Waals surface area contributed by atoms with E-state index >= 15 is 0 Å². The molecule has 6 heteroatoms. The molecule has 0 atom stereocenters. The zero-order chi connectivity index (χ0) is 14.5. The zero-order valence-electron chi connectivity index (χ0n) is 11.2. The number of sulfone groups is 1. The maximum Gasteiger partial charge on any atom is 0.253 e. The fourth-order valence-electron chi connectivity index (χ4n) is 1.69. The third-order valence-electron chi connectivity index (χ3n) is 2.78. The van der Waals surface area contributed by atoms with Crippen LogP contribution in [0.2, 0.25) is 0 Å². The van der Waals surface area contributed by atoms with Crippen LogP contribution in [0.25, 0.3) is 0 Å². The summed E-state index contributed by atoms with van der Waals surface area (Å²) in [6.45, 7) is 2.93. The maximum atomic E-state index is 12.1. The van der Waals surface area contributed by atoms with Crippen molar-refractivity contribution in [3.63, 3.8) is 0 Å². The molecule has 0 fully saturated rings. The summed E-state index contributed by atoms with van der Waals surface area (Å²) in [6.07, 6.45) is 1.66. The predicted octanol–water partition coefficient (Wildman–Crippen LogP) is 0.935. The van der Waals surface area contributed by atoms with Crippen molar-refractivity contribution in [3.05, 3.63) is 29.8 Å². The molecule has 0 aliphatic rings. The van der Waals surface area contributed by atoms with Gasteiger partial charge in [0.15, 0.2) is 9.84 Å². The van der Waals surface area contributed by atoms with Gasteiger partial charge in [-0.2, -0.15) is 0 Å². The van der Waals surface area contributed by atoms with E-state index in [1.165, 1.54) is 24.3 Å². The topological polar surface area (TPSA) is 74.7 Å². The molecule has 5 nitrogen and oxygen atoms in total. The van der Waals surface area contributed by atoms with Crippen LogP contribution >= 0.6 is 0 Å². The second-order valence-electron chi connectivity index (χ2n) is 4.26. The molecule has 106 valence electrons. The van der Waals surface area contributed by atoms with Gasteiger partial charge in [-0.05, 0) is 37.6 Å². The highest BCUT2D eigenvalue weighted by molar-refractivity contribution is 7.90. The van der Waals surface area contributed by atoms with E-state index in [0.29, 0.717) is 25.1 Å². The maximum absolute atomic E-state index is 12.1. The summed E-state index contributed by atoms with van der Waals surface area (Å²) in [5, 5.41) is 8.78. The highest BCUT2D eigenvalue weighted by Gasteiger charge is 2.14. The number of aliphatic hydroxyl groups excluding tert-OH is 1. The van der Waals surface area contributed by atoms with Gasteiger partial charge >= 0.3 is 0 Å². The van der Waals surface area contributed by atoms with E-state index in [1.54, 1.807) is 4.90 Å². The average molecular weight is 285 g/mol. The van der Waals surface area contributed by atoms with Crippen LogP contribution in [0.3, 0.4) is 0 Å². The predicted molar refractivity (Wildman–Crippen MR) is 72.8 cm³/mol. The Kier molecular flexibility index (Phi) is 5.50. The number of aliphatic hydroxyl groups is 1. The summed E-state index contributed by atoms with van der Waals surface area (Å²) in [5.74, 6) is -0.156. The zero-order valence-corrected chi connectivity index (χ0v) is 12.0. The molecule has 0 saturated carbocycles. The van der Waals surface area contributed by atoms with Gasteiger partial charge in [-0.1, -0.05) is 0 Å². The van der Waals surface area contributed by atoms with Crippen LogP contribution < -0.4 is 0 Å². The van der Waals surface area contributed by atoms with Gasteiger partial charge in [0.1, 0.15) is 0 Å². The first-order valence-corrected chi connectivity index (χ1v) is 7.99. The van der Waals surface area contributed by atoms with Crippen LogP contribution in [0.15, 0.2) is 29.2 Å². The number of rotatable bonds is 6. The largest absolute Gasteiger partial charge is 0.396 e. The normalized spacial score (nSPS) is 11.3. The van der Waals surface area contributed by atoms with Crippen LogP contribution in [-0.2, 0) is 9.84 Å². The quantitative estimate of drug-likeness (QED) is 0.844. The summed E-state index contributed by atoms with van der Waals surface area (Å²) in [5.41, 5.74) is 0.451. The molecule has 1 rings (SSSR count). The molecule has 0 heterocycles. The van der Waals surface area contributed by atoms with E-state index < -0.39 is 9.84 Å². The Bertz CT molecular complexity index is 522. The molecular formula is C13H19NO4S. The lowest BCUT2D eigenvalue weighted by molar-refractivity contribution is 0.0754. The monoisotopic (exact) mass is 285 g/mol. The van der Waals surface area contributed by atoms with Gasteiger partial charge in [0.05, 0.1) is 4.90 Å². The van der Waals surface area contributed by atoms with Gasteiger partial charge in [0.2, 0.25) is 0 Å². The van der Waals surface area contributed by atoms with Crippen molar-refractivity contribution in [1.29, 1.82) is 0 Å². The summed E-state index contributed by atoms with van der Waals surface area (Å²) < 4.78 is 22.6. The number of nitrogens with zero attached hydrogens (tertiary/aromatic N) is 1. The molecule has 19 heavy (non-hydrogen) atoms. The summed E-state index contributed by atoms with van der Waals surface area (Å²) in [7, 11) is -3.24. The highest BCUT2D eigenvalue weighted by Crippen LogP contribution is 2.12. The SMILES string of the molecule is CCN(CCCO)C(=O)c1ccc(S(C)(=O)=O)cc1. The lowest BCUT2D eigenvalue weighted by atomic mass is 10.2. The summed E-state index contributed by atoms with van der Waals surface area (Å²) in [4.78, 5) is 14.0. The van der Waals surface area contributed by atoms with Crippen molar-refractivity contribution in [3.8, 4) is 0 Å². The highest BCUT2D eigenvalue weighted by atomic mass is 32.2. The van der Waals surface area contributed by atoms with E-state index in [1.807, 2.05) is 6.92 Å². The van der Waals surface area contributed by atoms with Crippen molar-refractivity contribution < 1.29 is 18.3 Å². The van der Waals surface area contributed by atoms with Crippen molar-refractivity contribution in [2.75, 3.05) is 26.0 Å². The van der Waals surface area contributed by atoms with E-state index in [9.17, 15) is 13.2 Å². The molecule has 0 aromatic heterocycles. The second kappa shape index (κ2) is 6.68. The van der Waals surface area contributed by atoms with Gasteiger partial charge in [-0.3, -0.25) is 4.79 Å². The van der Waals surface area contributed by atoms with Crippen LogP contribution in [0, 0.1) is 0 Å². The molecule has 1 N–H and O–H groups in total. The molecule has 1 amide bonds. The minimum atomic E-state index is -3.24. The van der Waals surface area contributed by atoms with Crippen LogP contribution in [0.4, 0.5) is 0 Å². The fraction of sp³-hybridized carbons (Fsp3) is 0.462. The molecule has 0 aliphatic heterocycles. The number of carbonyl (C=O) groups excluding carboxylic acids is 1. The molecule has 0 radical (unpaired) electrons. The second-order valence-corrected chi connectivity index (χ2v) is 6.27. The first-order chi connectivity index (χ1) is 8.90. The van der Waals surface area contributed by atoms with Crippen molar-refractivity contribution in [2.45, 2.75) is 18.2 Å². The lowest BCUT2D eigenvalue weighted by Crippen LogP contribution is -2.32. The van der Waals surface area contributed by atoms with Crippen LogP contribution in [-0.4, -0.2) is 50.3 Å². The Labute approximate surface area is 113 Å². The van der Waals surface area contributed by atoms with E-state index in [4.69, 9.17) is 5.11 Å². The van der Waals surface area contributed by atoms with E-state index in [0.717, 1.165) is 6.26 Å². The number of amides is 1. The molecule has 0 bridgehead atoms. The van der Waals surface area contributed by atoms with Gasteiger partial charge in [-0.15, -0.1) is 0 Å². The molecule has 0 aliphatic carbocycles. The molecule has 0 saturated heterocycles. The Morgan fingerprint density at radius 3 is 2.26 bits per heavy atom. The van der Waals surface area contributed by atoms with Crippen molar-refractivity contribution in [1.82, 2.24) is 4.90 Å². The Hall–Kier alpha value is -1.40. The molecule has 1 aromatic carbocycles. The third-order valence-corrected chi connectivity index (χ3v) is 3.91. The van der Waals surface area contributed by atoms with Gasteiger partial charge < -0.3 is 10.0 Å². The number of hydrogen-bond donors (Lipinski definition) is 1. The average Bonchev–Trinajstić information content (AvgIpc) is 2.38. The Morgan fingerprint density at radius 1 is 1.26 bits per heavy atom. The van der Waals surface area contributed by atoms with Crippen molar-refractivity contribution in [2.24, 2.45) is 0 Å². The first-order valence-electron chi connectivity index (χ1n) is 6.10. The standard InChI is InChI=1S/C13H19NO4S/c1-3-14(9-4-10-15)13(16)11-5-7-12(8-6-11)19(2,17)18/h5-8,15H,3-4,9-10H2,1-2H3. The Morgan fingerprint density at radius 2 is 1.84 bits per heavy atom. The number of carbonyl (C=O) groups is 1. The smallest absolute Gasteiger partial charge is 0.253 e. The van der Waals surface area contributed by atoms with Gasteiger partial charge in [0.25, 0.3) is 5.91 Å². The Balaban J connectivity index is 2.88. The molecule has 1 aromatic rings. The fourth-order valence-corrected chi connectivity index (χ4v) is 2.32. The minimum Gasteiger partial charge on any atom is -0.396 e. The van der Waals surface area contributed by atoms with Gasteiger partial charge in [0, 0.05) is 31.5 Å². The summed E-state index contributed by atoms with van der Waals surface area (Å²) >= 11 is 0. The lowest BCUT2D eigenvalue weighted by Gasteiger charge is -2.20. The van der Waals surface area contributed by atoms with Crippen molar-refractivity contribution >= 4 is 15.7 Å². The number of benzene rings is 1. The van der Waals surface area contributed by atoms with Gasteiger partial charge in [-0.25, -0.2) is 8.42 Å². The molecular weight excluding hydrogens is 266 g/mol. The molecule has 0 unspecified atom stereocenters. The van der Waals surface area contributed by atoms with Crippen LogP contribution in [0.5, 0.6) is 0 Å². The van der Waals surface area contributed by atoms with E-state index in [-0.39, 0.29) is 17.4 Å². The third kappa shape index (κ3) is 4.33. The van der Waals surface area contributed by atoms with Crippen LogP contribution in [0.1, 0.15) is 23.7 Å². The van der Waals surface area contributed by atoms with E-state index in [2.05, 4.69) is 0 Å². The first kappa shape index (κ1) is 15.7. The molecule has 0 spiro atoms. The summed E-state index contributed by atoms with van der Waals surface area (Å²) in [6, 6.07) is 5.89.